The standard InChI is InChI=1S/C21H26N4O/c1-16-22-11-8-19(23-16)18-6-4-12-25(15-18)21(26)10-14-24-13-9-17-5-2-3-7-20(17)24/h2-3,5,7-8,11,18H,4,6,9-10,12-15H2,1H3/t18-/m0/s1. The SMILES string of the molecule is Cc1nccc([C@H]2CCCN(C(=O)CCN3CCc4ccccc43)C2)n1. The Morgan fingerprint density at radius 2 is 2.12 bits per heavy atom. The average molecular weight is 350 g/mol. The first-order chi connectivity index (χ1) is 12.7. The molecule has 5 heteroatoms. The van der Waals surface area contributed by atoms with Crippen molar-refractivity contribution in [2.24, 2.45) is 0 Å². The first-order valence-electron chi connectivity index (χ1n) is 9.61. The molecule has 2 aliphatic rings. The first kappa shape index (κ1) is 17.0. The van der Waals surface area contributed by atoms with E-state index in [1.54, 1.807) is 0 Å². The van der Waals surface area contributed by atoms with E-state index >= 15 is 0 Å². The van der Waals surface area contributed by atoms with Gasteiger partial charge in [0.25, 0.3) is 0 Å². The molecule has 0 aliphatic carbocycles. The molecule has 1 saturated heterocycles. The molecule has 5 nitrogen and oxygen atoms in total. The minimum absolute atomic E-state index is 0.268. The van der Waals surface area contributed by atoms with E-state index in [1.165, 1.54) is 11.3 Å². The lowest BCUT2D eigenvalue weighted by molar-refractivity contribution is -0.132. The summed E-state index contributed by atoms with van der Waals surface area (Å²) in [6.07, 6.45) is 5.64. The highest BCUT2D eigenvalue weighted by Crippen LogP contribution is 2.28. The van der Waals surface area contributed by atoms with Crippen LogP contribution in [0.3, 0.4) is 0 Å². The molecule has 1 atom stereocenters. The number of carbonyl (C=O) groups is 1. The number of amides is 1. The number of aryl methyl sites for hydroxylation is 1. The van der Waals surface area contributed by atoms with Gasteiger partial charge in [0.2, 0.25) is 5.91 Å². The van der Waals surface area contributed by atoms with E-state index in [9.17, 15) is 4.79 Å². The predicted octanol–water partition coefficient (Wildman–Crippen LogP) is 2.94. The van der Waals surface area contributed by atoms with Gasteiger partial charge in [-0.1, -0.05) is 18.2 Å². The smallest absolute Gasteiger partial charge is 0.224 e. The van der Waals surface area contributed by atoms with E-state index in [0.717, 1.165) is 57.0 Å². The van der Waals surface area contributed by atoms with Crippen molar-refractivity contribution >= 4 is 11.6 Å². The molecular formula is C21H26N4O. The molecular weight excluding hydrogens is 324 g/mol. The molecule has 0 unspecified atom stereocenters. The van der Waals surface area contributed by atoms with Crippen LogP contribution in [0.25, 0.3) is 0 Å². The van der Waals surface area contributed by atoms with Gasteiger partial charge in [-0.05, 0) is 43.9 Å². The third-order valence-corrected chi connectivity index (χ3v) is 5.57. The number of hydrogen-bond acceptors (Lipinski definition) is 4. The van der Waals surface area contributed by atoms with Gasteiger partial charge < -0.3 is 9.80 Å². The molecule has 136 valence electrons. The lowest BCUT2D eigenvalue weighted by atomic mass is 9.94. The fraction of sp³-hybridized carbons (Fsp3) is 0.476. The van der Waals surface area contributed by atoms with Gasteiger partial charge in [0.15, 0.2) is 0 Å². The van der Waals surface area contributed by atoms with E-state index in [0.29, 0.717) is 12.3 Å². The number of hydrogen-bond donors (Lipinski definition) is 0. The molecule has 0 saturated carbocycles. The summed E-state index contributed by atoms with van der Waals surface area (Å²) in [5, 5.41) is 0. The monoisotopic (exact) mass is 350 g/mol. The van der Waals surface area contributed by atoms with E-state index < -0.39 is 0 Å². The molecule has 1 aromatic heterocycles. The maximum atomic E-state index is 12.8. The minimum atomic E-state index is 0.268. The lowest BCUT2D eigenvalue weighted by Gasteiger charge is -2.33. The van der Waals surface area contributed by atoms with Crippen LogP contribution in [0.5, 0.6) is 0 Å². The second-order valence-corrected chi connectivity index (χ2v) is 7.32. The number of likely N-dealkylation sites (tertiary alicyclic amines) is 1. The maximum absolute atomic E-state index is 12.8. The highest BCUT2D eigenvalue weighted by molar-refractivity contribution is 5.77. The van der Waals surface area contributed by atoms with E-state index in [1.807, 2.05) is 24.1 Å². The molecule has 3 heterocycles. The molecule has 26 heavy (non-hydrogen) atoms. The summed E-state index contributed by atoms with van der Waals surface area (Å²) in [6.45, 7) is 5.41. The highest BCUT2D eigenvalue weighted by Gasteiger charge is 2.26. The Balaban J connectivity index is 1.35. The zero-order valence-corrected chi connectivity index (χ0v) is 15.4. The Hall–Kier alpha value is -2.43. The average Bonchev–Trinajstić information content (AvgIpc) is 3.09. The van der Waals surface area contributed by atoms with Crippen LogP contribution in [0.2, 0.25) is 0 Å². The van der Waals surface area contributed by atoms with Gasteiger partial charge in [0.05, 0.1) is 0 Å². The van der Waals surface area contributed by atoms with Gasteiger partial charge >= 0.3 is 0 Å². The van der Waals surface area contributed by atoms with Gasteiger partial charge in [-0.25, -0.2) is 9.97 Å². The Kier molecular flexibility index (Phi) is 4.87. The fourth-order valence-corrected chi connectivity index (χ4v) is 4.17. The number of benzene rings is 1. The van der Waals surface area contributed by atoms with Crippen LogP contribution in [-0.4, -0.2) is 47.0 Å². The van der Waals surface area contributed by atoms with E-state index in [4.69, 9.17) is 0 Å². The van der Waals surface area contributed by atoms with Crippen LogP contribution < -0.4 is 4.90 Å². The molecule has 1 amide bonds. The summed E-state index contributed by atoms with van der Waals surface area (Å²) in [4.78, 5) is 25.9. The lowest BCUT2D eigenvalue weighted by Crippen LogP contribution is -2.40. The predicted molar refractivity (Wildman–Crippen MR) is 102 cm³/mol. The topological polar surface area (TPSA) is 49.3 Å². The molecule has 1 fully saturated rings. The number of para-hydroxylation sites is 1. The largest absolute Gasteiger partial charge is 0.370 e. The van der Waals surface area contributed by atoms with Crippen LogP contribution in [0.4, 0.5) is 5.69 Å². The van der Waals surface area contributed by atoms with Crippen molar-refractivity contribution in [1.29, 1.82) is 0 Å². The van der Waals surface area contributed by atoms with E-state index in [-0.39, 0.29) is 5.91 Å². The second kappa shape index (κ2) is 7.44. The van der Waals surface area contributed by atoms with Crippen LogP contribution in [0.1, 0.15) is 42.3 Å². The number of anilines is 1. The van der Waals surface area contributed by atoms with Gasteiger partial charge in [0.1, 0.15) is 5.82 Å². The number of rotatable bonds is 4. The van der Waals surface area contributed by atoms with Crippen molar-refractivity contribution in [2.75, 3.05) is 31.1 Å². The number of aromatic nitrogens is 2. The van der Waals surface area contributed by atoms with Crippen molar-refractivity contribution < 1.29 is 4.79 Å². The van der Waals surface area contributed by atoms with Crippen molar-refractivity contribution in [3.05, 3.63) is 53.6 Å². The fourth-order valence-electron chi connectivity index (χ4n) is 4.17. The number of fused-ring (bicyclic) bond motifs is 1. The summed E-state index contributed by atoms with van der Waals surface area (Å²) in [7, 11) is 0. The second-order valence-electron chi connectivity index (χ2n) is 7.32. The zero-order valence-electron chi connectivity index (χ0n) is 15.4. The molecule has 4 rings (SSSR count). The third kappa shape index (κ3) is 3.57. The van der Waals surface area contributed by atoms with Crippen LogP contribution in [0, 0.1) is 6.92 Å². The number of piperidine rings is 1. The Morgan fingerprint density at radius 1 is 1.23 bits per heavy atom. The molecule has 0 bridgehead atoms. The van der Waals surface area contributed by atoms with Gasteiger partial charge in [0, 0.05) is 56.1 Å². The van der Waals surface area contributed by atoms with Crippen LogP contribution in [-0.2, 0) is 11.2 Å². The highest BCUT2D eigenvalue weighted by atomic mass is 16.2. The minimum Gasteiger partial charge on any atom is -0.370 e. The summed E-state index contributed by atoms with van der Waals surface area (Å²) >= 11 is 0. The van der Waals surface area contributed by atoms with Crippen molar-refractivity contribution in [3.63, 3.8) is 0 Å². The maximum Gasteiger partial charge on any atom is 0.224 e. The Morgan fingerprint density at radius 3 is 3.00 bits per heavy atom. The van der Waals surface area contributed by atoms with Gasteiger partial charge in [-0.15, -0.1) is 0 Å². The van der Waals surface area contributed by atoms with Crippen molar-refractivity contribution in [3.8, 4) is 0 Å². The molecule has 1 aromatic carbocycles. The molecule has 2 aromatic rings. The molecule has 0 spiro atoms. The van der Waals surface area contributed by atoms with Crippen molar-refractivity contribution in [1.82, 2.24) is 14.9 Å². The normalized spacial score (nSPS) is 19.5. The summed E-state index contributed by atoms with van der Waals surface area (Å²) in [5.41, 5.74) is 3.77. The quantitative estimate of drug-likeness (QED) is 0.851. The third-order valence-electron chi connectivity index (χ3n) is 5.57. The van der Waals surface area contributed by atoms with Crippen molar-refractivity contribution in [2.45, 2.75) is 38.5 Å². The number of nitrogens with zero attached hydrogens (tertiary/aromatic N) is 4. The Labute approximate surface area is 155 Å². The van der Waals surface area contributed by atoms with Crippen LogP contribution >= 0.6 is 0 Å². The first-order valence-corrected chi connectivity index (χ1v) is 9.61. The van der Waals surface area contributed by atoms with E-state index in [2.05, 4.69) is 39.1 Å². The van der Waals surface area contributed by atoms with Gasteiger partial charge in [-0.3, -0.25) is 4.79 Å². The zero-order chi connectivity index (χ0) is 17.9. The van der Waals surface area contributed by atoms with Crippen LogP contribution in [0.15, 0.2) is 36.5 Å². The summed E-state index contributed by atoms with van der Waals surface area (Å²) < 4.78 is 0. The van der Waals surface area contributed by atoms with Gasteiger partial charge in [-0.2, -0.15) is 0 Å². The molecule has 0 radical (unpaired) electrons. The summed E-state index contributed by atoms with van der Waals surface area (Å²) in [6, 6.07) is 10.5. The molecule has 0 N–H and O–H groups in total. The molecule has 2 aliphatic heterocycles. The Bertz CT molecular complexity index is 791. The summed E-state index contributed by atoms with van der Waals surface area (Å²) in [5.74, 6) is 1.41. The number of carbonyl (C=O) groups excluding carboxylic acids is 1.